The molecule has 0 unspecified atom stereocenters. The summed E-state index contributed by atoms with van der Waals surface area (Å²) in [5.41, 5.74) is 0.287. The van der Waals surface area contributed by atoms with Crippen LogP contribution in [0.2, 0.25) is 0 Å². The monoisotopic (exact) mass is 259 g/mol. The lowest BCUT2D eigenvalue weighted by molar-refractivity contribution is -0.134. The van der Waals surface area contributed by atoms with Crippen LogP contribution < -0.4 is 0 Å². The van der Waals surface area contributed by atoms with Crippen LogP contribution in [-0.2, 0) is 19.1 Å². The predicted octanol–water partition coefficient (Wildman–Crippen LogP) is 0.529. The van der Waals surface area contributed by atoms with Crippen LogP contribution in [0, 0.1) is 0 Å². The second kappa shape index (κ2) is 8.66. The molecule has 0 aliphatic heterocycles. The summed E-state index contributed by atoms with van der Waals surface area (Å²) in [5, 5.41) is 8.86. The lowest BCUT2D eigenvalue weighted by Gasteiger charge is -2.22. The SMILES string of the molecule is COCCN(CCOC)C(=O)C(C)=C(C)C(=O)O. The minimum Gasteiger partial charge on any atom is -0.478 e. The third-order valence-corrected chi connectivity index (χ3v) is 2.62. The van der Waals surface area contributed by atoms with Crippen molar-refractivity contribution in [2.75, 3.05) is 40.5 Å². The van der Waals surface area contributed by atoms with Gasteiger partial charge in [-0.05, 0) is 13.8 Å². The molecule has 6 heteroatoms. The Balaban J connectivity index is 4.82. The van der Waals surface area contributed by atoms with Crippen LogP contribution in [-0.4, -0.2) is 62.4 Å². The Kier molecular flexibility index (Phi) is 7.98. The van der Waals surface area contributed by atoms with Gasteiger partial charge in [0.1, 0.15) is 0 Å². The van der Waals surface area contributed by atoms with Gasteiger partial charge in [-0.15, -0.1) is 0 Å². The van der Waals surface area contributed by atoms with Crippen molar-refractivity contribution < 1.29 is 24.2 Å². The van der Waals surface area contributed by atoms with Crippen LogP contribution in [0.1, 0.15) is 13.8 Å². The zero-order valence-corrected chi connectivity index (χ0v) is 11.4. The number of carboxylic acid groups (broad SMARTS) is 1. The Morgan fingerprint density at radius 1 is 1.00 bits per heavy atom. The molecule has 0 heterocycles. The molecule has 0 aliphatic carbocycles. The van der Waals surface area contributed by atoms with E-state index >= 15 is 0 Å². The zero-order valence-electron chi connectivity index (χ0n) is 11.4. The van der Waals surface area contributed by atoms with Crippen LogP contribution in [0.15, 0.2) is 11.1 Å². The molecule has 0 saturated heterocycles. The second-order valence-corrected chi connectivity index (χ2v) is 3.83. The van der Waals surface area contributed by atoms with E-state index in [1.54, 1.807) is 14.2 Å². The molecule has 1 amide bonds. The van der Waals surface area contributed by atoms with Crippen molar-refractivity contribution >= 4 is 11.9 Å². The van der Waals surface area contributed by atoms with Crippen LogP contribution in [0.3, 0.4) is 0 Å². The lowest BCUT2D eigenvalue weighted by atomic mass is 10.1. The predicted molar refractivity (Wildman–Crippen MR) is 66.3 cm³/mol. The topological polar surface area (TPSA) is 76.1 Å². The molecule has 0 atom stereocenters. The van der Waals surface area contributed by atoms with E-state index in [2.05, 4.69) is 0 Å². The molecule has 0 spiro atoms. The first kappa shape index (κ1) is 16.6. The van der Waals surface area contributed by atoms with Gasteiger partial charge in [0.2, 0.25) is 5.91 Å². The summed E-state index contributed by atoms with van der Waals surface area (Å²) >= 11 is 0. The van der Waals surface area contributed by atoms with E-state index in [1.165, 1.54) is 18.7 Å². The summed E-state index contributed by atoms with van der Waals surface area (Å²) in [6, 6.07) is 0. The van der Waals surface area contributed by atoms with Crippen LogP contribution in [0.5, 0.6) is 0 Å². The van der Waals surface area contributed by atoms with E-state index in [-0.39, 0.29) is 17.1 Å². The highest BCUT2D eigenvalue weighted by molar-refractivity contribution is 6.01. The molecule has 0 aromatic heterocycles. The molecule has 0 aliphatic rings. The van der Waals surface area contributed by atoms with E-state index in [0.29, 0.717) is 26.3 Å². The number of aliphatic carboxylic acids is 1. The summed E-state index contributed by atoms with van der Waals surface area (Å²) in [6.07, 6.45) is 0. The Hall–Kier alpha value is -1.40. The highest BCUT2D eigenvalue weighted by atomic mass is 16.5. The van der Waals surface area contributed by atoms with Crippen molar-refractivity contribution in [1.29, 1.82) is 0 Å². The molecule has 0 rings (SSSR count). The zero-order chi connectivity index (χ0) is 14.1. The number of hydrogen-bond acceptors (Lipinski definition) is 4. The molecule has 0 bridgehead atoms. The van der Waals surface area contributed by atoms with E-state index in [9.17, 15) is 9.59 Å². The van der Waals surface area contributed by atoms with E-state index in [1.807, 2.05) is 0 Å². The maximum atomic E-state index is 12.1. The summed E-state index contributed by atoms with van der Waals surface area (Å²) in [7, 11) is 3.09. The standard InChI is InChI=1S/C12H21NO5/c1-9(10(2)12(15)16)11(14)13(5-7-17-3)6-8-18-4/h5-8H2,1-4H3,(H,15,16). The van der Waals surface area contributed by atoms with E-state index < -0.39 is 5.97 Å². The minimum absolute atomic E-state index is 0.0554. The smallest absolute Gasteiger partial charge is 0.331 e. The Morgan fingerprint density at radius 2 is 1.44 bits per heavy atom. The van der Waals surface area contributed by atoms with E-state index in [4.69, 9.17) is 14.6 Å². The molecule has 18 heavy (non-hydrogen) atoms. The first-order valence-electron chi connectivity index (χ1n) is 5.63. The highest BCUT2D eigenvalue weighted by Crippen LogP contribution is 2.08. The average molecular weight is 259 g/mol. The van der Waals surface area contributed by atoms with Crippen molar-refractivity contribution in [3.05, 3.63) is 11.1 Å². The van der Waals surface area contributed by atoms with Gasteiger partial charge in [0, 0.05) is 38.5 Å². The largest absolute Gasteiger partial charge is 0.478 e. The molecule has 1 N–H and O–H groups in total. The molecule has 6 nitrogen and oxygen atoms in total. The minimum atomic E-state index is -1.08. The Labute approximate surface area is 107 Å². The van der Waals surface area contributed by atoms with Crippen molar-refractivity contribution in [3.63, 3.8) is 0 Å². The first-order chi connectivity index (χ1) is 8.45. The lowest BCUT2D eigenvalue weighted by Crippen LogP contribution is -2.37. The van der Waals surface area contributed by atoms with Crippen molar-refractivity contribution in [1.82, 2.24) is 4.90 Å². The second-order valence-electron chi connectivity index (χ2n) is 3.83. The van der Waals surface area contributed by atoms with Crippen LogP contribution >= 0.6 is 0 Å². The Morgan fingerprint density at radius 3 is 1.78 bits per heavy atom. The summed E-state index contributed by atoms with van der Waals surface area (Å²) in [5.74, 6) is -1.39. The number of methoxy groups -OCH3 is 2. The summed E-state index contributed by atoms with van der Waals surface area (Å²) < 4.78 is 9.85. The normalized spacial score (nSPS) is 12.0. The molecule has 0 aromatic carbocycles. The fourth-order valence-electron chi connectivity index (χ4n) is 1.28. The molecular formula is C12H21NO5. The highest BCUT2D eigenvalue weighted by Gasteiger charge is 2.18. The summed E-state index contributed by atoms with van der Waals surface area (Å²) in [6.45, 7) is 4.54. The van der Waals surface area contributed by atoms with Gasteiger partial charge in [-0.25, -0.2) is 4.79 Å². The number of ether oxygens (including phenoxy) is 2. The van der Waals surface area contributed by atoms with Gasteiger partial charge < -0.3 is 19.5 Å². The average Bonchev–Trinajstić information content (AvgIpc) is 2.36. The van der Waals surface area contributed by atoms with Gasteiger partial charge in [0.25, 0.3) is 0 Å². The summed E-state index contributed by atoms with van der Waals surface area (Å²) in [4.78, 5) is 24.4. The quantitative estimate of drug-likeness (QED) is 0.643. The fourth-order valence-corrected chi connectivity index (χ4v) is 1.28. The maximum absolute atomic E-state index is 12.1. The number of hydrogen-bond donors (Lipinski definition) is 1. The fraction of sp³-hybridized carbons (Fsp3) is 0.667. The third kappa shape index (κ3) is 5.29. The van der Waals surface area contributed by atoms with Crippen LogP contribution in [0.25, 0.3) is 0 Å². The van der Waals surface area contributed by atoms with Crippen molar-refractivity contribution in [2.24, 2.45) is 0 Å². The molecule has 0 aromatic rings. The molecule has 0 fully saturated rings. The van der Waals surface area contributed by atoms with Gasteiger partial charge >= 0.3 is 5.97 Å². The number of nitrogens with zero attached hydrogens (tertiary/aromatic N) is 1. The molecular weight excluding hydrogens is 238 g/mol. The van der Waals surface area contributed by atoms with Crippen molar-refractivity contribution in [3.8, 4) is 0 Å². The van der Waals surface area contributed by atoms with Gasteiger partial charge in [0.05, 0.1) is 13.2 Å². The molecule has 104 valence electrons. The van der Waals surface area contributed by atoms with E-state index in [0.717, 1.165) is 0 Å². The maximum Gasteiger partial charge on any atom is 0.331 e. The number of carbonyl (C=O) groups is 2. The Bertz CT molecular complexity index is 316. The number of rotatable bonds is 8. The van der Waals surface area contributed by atoms with Crippen molar-refractivity contribution in [2.45, 2.75) is 13.8 Å². The van der Waals surface area contributed by atoms with Gasteiger partial charge in [-0.3, -0.25) is 4.79 Å². The van der Waals surface area contributed by atoms with Crippen LogP contribution in [0.4, 0.5) is 0 Å². The number of carboxylic acids is 1. The van der Waals surface area contributed by atoms with Gasteiger partial charge in [0.15, 0.2) is 0 Å². The number of amides is 1. The third-order valence-electron chi connectivity index (χ3n) is 2.62. The molecule has 0 saturated carbocycles. The number of carbonyl (C=O) groups excluding carboxylic acids is 1. The van der Waals surface area contributed by atoms with Gasteiger partial charge in [-0.1, -0.05) is 0 Å². The molecule has 0 radical (unpaired) electrons. The van der Waals surface area contributed by atoms with Gasteiger partial charge in [-0.2, -0.15) is 0 Å². The first-order valence-corrected chi connectivity index (χ1v) is 5.63.